The molecule has 0 aromatic carbocycles. The van der Waals surface area contributed by atoms with Crippen LogP contribution in [-0.4, -0.2) is 49.8 Å². The minimum absolute atomic E-state index is 0.467. The fraction of sp³-hybridized carbons (Fsp3) is 1.00. The molecule has 0 saturated carbocycles. The van der Waals surface area contributed by atoms with Crippen LogP contribution in [0.2, 0.25) is 0 Å². The van der Waals surface area contributed by atoms with Gasteiger partial charge in [-0.1, -0.05) is 20.3 Å². The molecule has 0 aliphatic carbocycles. The number of hydrogen-bond acceptors (Lipinski definition) is 3. The van der Waals surface area contributed by atoms with Crippen molar-refractivity contribution in [1.82, 2.24) is 10.2 Å². The fourth-order valence-corrected chi connectivity index (χ4v) is 2.73. The Morgan fingerprint density at radius 1 is 1.35 bits per heavy atom. The van der Waals surface area contributed by atoms with Gasteiger partial charge in [-0.2, -0.15) is 0 Å². The third kappa shape index (κ3) is 5.36. The molecule has 102 valence electrons. The van der Waals surface area contributed by atoms with Crippen LogP contribution >= 0.6 is 0 Å². The molecule has 3 heteroatoms. The van der Waals surface area contributed by atoms with Gasteiger partial charge in [0.25, 0.3) is 0 Å². The zero-order valence-corrected chi connectivity index (χ0v) is 11.9. The minimum atomic E-state index is 0.467. The number of nitrogens with zero attached hydrogens (tertiary/aromatic N) is 1. The van der Waals surface area contributed by atoms with Crippen LogP contribution in [0.4, 0.5) is 0 Å². The lowest BCUT2D eigenvalue weighted by Crippen LogP contribution is -2.49. The van der Waals surface area contributed by atoms with Gasteiger partial charge in [-0.3, -0.25) is 4.90 Å². The summed E-state index contributed by atoms with van der Waals surface area (Å²) in [5.41, 5.74) is 0. The van der Waals surface area contributed by atoms with E-state index in [4.69, 9.17) is 4.74 Å². The molecule has 1 fully saturated rings. The highest BCUT2D eigenvalue weighted by Crippen LogP contribution is 2.17. The number of likely N-dealkylation sites (N-methyl/N-ethyl adjacent to an activating group) is 1. The van der Waals surface area contributed by atoms with Gasteiger partial charge in [-0.25, -0.2) is 0 Å². The standard InChI is InChI=1S/C14H30N2O/c1-4-8-13(11-15-5-2)16-10-7-9-14(12-16)17-6-3/h13-15H,4-12H2,1-3H3. The first-order valence-electron chi connectivity index (χ1n) is 7.38. The Labute approximate surface area is 107 Å². The van der Waals surface area contributed by atoms with E-state index in [0.29, 0.717) is 12.1 Å². The summed E-state index contributed by atoms with van der Waals surface area (Å²) < 4.78 is 5.78. The average Bonchev–Trinajstić information content (AvgIpc) is 2.35. The topological polar surface area (TPSA) is 24.5 Å². The van der Waals surface area contributed by atoms with Crippen LogP contribution < -0.4 is 5.32 Å². The molecular weight excluding hydrogens is 212 g/mol. The van der Waals surface area contributed by atoms with Gasteiger partial charge >= 0.3 is 0 Å². The van der Waals surface area contributed by atoms with E-state index in [9.17, 15) is 0 Å². The number of piperidine rings is 1. The van der Waals surface area contributed by atoms with E-state index in [1.807, 2.05) is 0 Å². The molecule has 2 atom stereocenters. The van der Waals surface area contributed by atoms with Crippen molar-refractivity contribution in [2.24, 2.45) is 0 Å². The highest BCUT2D eigenvalue weighted by molar-refractivity contribution is 4.80. The molecule has 0 spiro atoms. The first-order chi connectivity index (χ1) is 8.31. The predicted octanol–water partition coefficient (Wildman–Crippen LogP) is 2.27. The SMILES string of the molecule is CCCC(CNCC)N1CCCC(OCC)C1. The van der Waals surface area contributed by atoms with Gasteiger partial charge in [0.15, 0.2) is 0 Å². The van der Waals surface area contributed by atoms with Crippen LogP contribution in [-0.2, 0) is 4.74 Å². The van der Waals surface area contributed by atoms with Crippen molar-refractivity contribution in [2.75, 3.05) is 32.8 Å². The fourth-order valence-electron chi connectivity index (χ4n) is 2.73. The highest BCUT2D eigenvalue weighted by atomic mass is 16.5. The number of likely N-dealkylation sites (tertiary alicyclic amines) is 1. The molecule has 0 bridgehead atoms. The number of ether oxygens (including phenoxy) is 1. The van der Waals surface area contributed by atoms with Crippen LogP contribution in [0.5, 0.6) is 0 Å². The van der Waals surface area contributed by atoms with E-state index in [1.54, 1.807) is 0 Å². The second kappa shape index (κ2) is 8.90. The Kier molecular flexibility index (Phi) is 7.82. The molecule has 0 aromatic rings. The third-order valence-corrected chi connectivity index (χ3v) is 3.58. The van der Waals surface area contributed by atoms with Crippen molar-refractivity contribution in [3.05, 3.63) is 0 Å². The summed E-state index contributed by atoms with van der Waals surface area (Å²) in [5, 5.41) is 3.49. The summed E-state index contributed by atoms with van der Waals surface area (Å²) >= 11 is 0. The van der Waals surface area contributed by atoms with Gasteiger partial charge in [0.2, 0.25) is 0 Å². The molecule has 0 aromatic heterocycles. The summed E-state index contributed by atoms with van der Waals surface area (Å²) in [4.78, 5) is 2.63. The van der Waals surface area contributed by atoms with Crippen molar-refractivity contribution < 1.29 is 4.74 Å². The largest absolute Gasteiger partial charge is 0.377 e. The molecule has 0 amide bonds. The summed E-state index contributed by atoms with van der Waals surface area (Å²) in [6, 6.07) is 0.697. The second-order valence-corrected chi connectivity index (χ2v) is 4.96. The summed E-state index contributed by atoms with van der Waals surface area (Å²) in [6.45, 7) is 12.0. The van der Waals surface area contributed by atoms with Gasteiger partial charge in [0.05, 0.1) is 6.10 Å². The van der Waals surface area contributed by atoms with Gasteiger partial charge in [-0.15, -0.1) is 0 Å². The summed E-state index contributed by atoms with van der Waals surface area (Å²) in [6.07, 6.45) is 5.56. The Morgan fingerprint density at radius 3 is 2.82 bits per heavy atom. The molecule has 2 unspecified atom stereocenters. The first-order valence-corrected chi connectivity index (χ1v) is 7.38. The van der Waals surface area contributed by atoms with Gasteiger partial charge < -0.3 is 10.1 Å². The van der Waals surface area contributed by atoms with Crippen LogP contribution in [0.15, 0.2) is 0 Å². The molecule has 1 heterocycles. The van der Waals surface area contributed by atoms with Crippen molar-refractivity contribution in [2.45, 2.75) is 58.6 Å². The molecule has 1 N–H and O–H groups in total. The molecule has 1 aliphatic heterocycles. The Bertz CT molecular complexity index is 185. The highest BCUT2D eigenvalue weighted by Gasteiger charge is 2.25. The normalized spacial score (nSPS) is 23.8. The smallest absolute Gasteiger partial charge is 0.0702 e. The maximum atomic E-state index is 5.78. The van der Waals surface area contributed by atoms with Crippen molar-refractivity contribution in [3.63, 3.8) is 0 Å². The summed E-state index contributed by atoms with van der Waals surface area (Å²) in [7, 11) is 0. The Balaban J connectivity index is 2.41. The molecule has 3 nitrogen and oxygen atoms in total. The monoisotopic (exact) mass is 242 g/mol. The minimum Gasteiger partial charge on any atom is -0.377 e. The molecule has 17 heavy (non-hydrogen) atoms. The number of hydrogen-bond donors (Lipinski definition) is 1. The van der Waals surface area contributed by atoms with Gasteiger partial charge in [0, 0.05) is 25.7 Å². The first kappa shape index (κ1) is 14.9. The van der Waals surface area contributed by atoms with E-state index < -0.39 is 0 Å². The number of nitrogens with one attached hydrogen (secondary N) is 1. The van der Waals surface area contributed by atoms with Crippen LogP contribution in [0, 0.1) is 0 Å². The maximum Gasteiger partial charge on any atom is 0.0702 e. The van der Waals surface area contributed by atoms with Gasteiger partial charge in [-0.05, 0) is 39.3 Å². The predicted molar refractivity (Wildman–Crippen MR) is 73.5 cm³/mol. The van der Waals surface area contributed by atoms with Crippen molar-refractivity contribution in [1.29, 1.82) is 0 Å². The molecule has 0 radical (unpaired) electrons. The molecular formula is C14H30N2O. The van der Waals surface area contributed by atoms with Crippen LogP contribution in [0.25, 0.3) is 0 Å². The number of rotatable bonds is 8. The lowest BCUT2D eigenvalue weighted by atomic mass is 10.0. The maximum absolute atomic E-state index is 5.78. The van der Waals surface area contributed by atoms with E-state index in [0.717, 1.165) is 26.2 Å². The van der Waals surface area contributed by atoms with E-state index >= 15 is 0 Å². The van der Waals surface area contributed by atoms with Crippen LogP contribution in [0.1, 0.15) is 46.5 Å². The van der Waals surface area contributed by atoms with Crippen molar-refractivity contribution >= 4 is 0 Å². The molecule has 1 aliphatic rings. The van der Waals surface area contributed by atoms with E-state index in [1.165, 1.54) is 32.2 Å². The molecule has 1 rings (SSSR count). The van der Waals surface area contributed by atoms with Crippen LogP contribution in [0.3, 0.4) is 0 Å². The zero-order chi connectivity index (χ0) is 12.5. The summed E-state index contributed by atoms with van der Waals surface area (Å²) in [5.74, 6) is 0. The average molecular weight is 242 g/mol. The second-order valence-electron chi connectivity index (χ2n) is 4.96. The van der Waals surface area contributed by atoms with Gasteiger partial charge in [0.1, 0.15) is 0 Å². The lowest BCUT2D eigenvalue weighted by Gasteiger charge is -2.38. The third-order valence-electron chi connectivity index (χ3n) is 3.58. The zero-order valence-electron chi connectivity index (χ0n) is 11.9. The Morgan fingerprint density at radius 2 is 2.18 bits per heavy atom. The lowest BCUT2D eigenvalue weighted by molar-refractivity contribution is -0.00835. The Hall–Kier alpha value is -0.120. The van der Waals surface area contributed by atoms with Crippen molar-refractivity contribution in [3.8, 4) is 0 Å². The van der Waals surface area contributed by atoms with E-state index in [2.05, 4.69) is 31.0 Å². The quantitative estimate of drug-likeness (QED) is 0.706. The van der Waals surface area contributed by atoms with E-state index in [-0.39, 0.29) is 0 Å². The molecule has 1 saturated heterocycles.